The van der Waals surface area contributed by atoms with E-state index in [-0.39, 0.29) is 30.7 Å². The van der Waals surface area contributed by atoms with Gasteiger partial charge in [-0.1, -0.05) is 30.3 Å². The maximum atomic E-state index is 12.5. The summed E-state index contributed by atoms with van der Waals surface area (Å²) in [6.45, 7) is 7.66. The predicted octanol–water partition coefficient (Wildman–Crippen LogP) is 3.58. The molecule has 1 heterocycles. The second-order valence-electron chi connectivity index (χ2n) is 5.60. The second-order valence-corrected chi connectivity index (χ2v) is 5.60. The lowest BCUT2D eigenvalue weighted by Crippen LogP contribution is -2.45. The first-order valence-electron chi connectivity index (χ1n) is 7.85. The third kappa shape index (κ3) is 5.59. The van der Waals surface area contributed by atoms with E-state index in [1.54, 1.807) is 13.1 Å². The summed E-state index contributed by atoms with van der Waals surface area (Å²) in [4.78, 5) is 19.0. The van der Waals surface area contributed by atoms with Gasteiger partial charge in [0, 0.05) is 13.1 Å². The van der Waals surface area contributed by atoms with Crippen molar-refractivity contribution in [1.29, 1.82) is 0 Å². The van der Waals surface area contributed by atoms with Crippen LogP contribution >= 0.6 is 24.8 Å². The summed E-state index contributed by atoms with van der Waals surface area (Å²) < 4.78 is 0. The lowest BCUT2D eigenvalue weighted by Gasteiger charge is -2.24. The number of benzene rings is 1. The van der Waals surface area contributed by atoms with Crippen molar-refractivity contribution in [3.05, 3.63) is 54.2 Å². The Balaban J connectivity index is 0.00000288. The molecule has 0 saturated heterocycles. The van der Waals surface area contributed by atoms with Crippen LogP contribution in [0.5, 0.6) is 0 Å². The van der Waals surface area contributed by atoms with Crippen LogP contribution in [0.15, 0.2) is 48.7 Å². The Hall–Kier alpha value is -1.82. The minimum atomic E-state index is -1.10. The van der Waals surface area contributed by atoms with E-state index in [2.05, 4.69) is 29.0 Å². The summed E-state index contributed by atoms with van der Waals surface area (Å²) in [5.41, 5.74) is 6.52. The van der Waals surface area contributed by atoms with E-state index >= 15 is 0 Å². The van der Waals surface area contributed by atoms with Crippen LogP contribution in [-0.2, 0) is 10.3 Å². The highest BCUT2D eigenvalue weighted by Gasteiger charge is 2.30. The molecule has 0 spiro atoms. The van der Waals surface area contributed by atoms with Gasteiger partial charge in [-0.05, 0) is 38.5 Å². The quantitative estimate of drug-likeness (QED) is 0.797. The highest BCUT2D eigenvalue weighted by atomic mass is 35.5. The molecule has 5 nitrogen and oxygen atoms in total. The fourth-order valence-electron chi connectivity index (χ4n) is 2.37. The number of anilines is 2. The first-order valence-corrected chi connectivity index (χ1v) is 7.85. The molecule has 1 amide bonds. The van der Waals surface area contributed by atoms with Crippen molar-refractivity contribution >= 4 is 42.2 Å². The van der Waals surface area contributed by atoms with Crippen LogP contribution in [0.4, 0.5) is 11.5 Å². The van der Waals surface area contributed by atoms with Gasteiger partial charge in [-0.3, -0.25) is 4.79 Å². The third-order valence-corrected chi connectivity index (χ3v) is 3.94. The molecule has 0 bridgehead atoms. The van der Waals surface area contributed by atoms with Crippen LogP contribution in [-0.4, -0.2) is 24.0 Å². The zero-order chi connectivity index (χ0) is 16.9. The summed E-state index contributed by atoms with van der Waals surface area (Å²) in [6.07, 6.45) is 1.66. The van der Waals surface area contributed by atoms with Crippen molar-refractivity contribution in [3.8, 4) is 0 Å². The average Bonchev–Trinajstić information content (AvgIpc) is 2.58. The number of pyridine rings is 1. The van der Waals surface area contributed by atoms with Gasteiger partial charge in [-0.2, -0.15) is 0 Å². The SMILES string of the molecule is CCN(CC)c1ccc(NC(=O)C(C)(N)c2ccccc2)cn1.Cl.Cl. The maximum absolute atomic E-state index is 12.5. The molecule has 2 rings (SSSR count). The minimum Gasteiger partial charge on any atom is -0.357 e. The van der Waals surface area contributed by atoms with E-state index in [1.807, 2.05) is 42.5 Å². The molecular weight excluding hydrogens is 359 g/mol. The number of aromatic nitrogens is 1. The molecule has 25 heavy (non-hydrogen) atoms. The molecule has 0 aliphatic rings. The number of hydrogen-bond acceptors (Lipinski definition) is 4. The van der Waals surface area contributed by atoms with Crippen molar-refractivity contribution in [3.63, 3.8) is 0 Å². The van der Waals surface area contributed by atoms with Gasteiger partial charge in [0.05, 0.1) is 11.9 Å². The van der Waals surface area contributed by atoms with Crippen LogP contribution in [0.25, 0.3) is 0 Å². The van der Waals surface area contributed by atoms with Gasteiger partial charge in [0.1, 0.15) is 11.4 Å². The standard InChI is InChI=1S/C18H24N4O.2ClH/c1-4-22(5-2)16-12-11-15(13-20-16)21-17(23)18(3,19)14-9-7-6-8-10-14;;/h6-13H,4-5,19H2,1-3H3,(H,21,23);2*1H. The fraction of sp³-hybridized carbons (Fsp3) is 0.333. The Labute approximate surface area is 161 Å². The van der Waals surface area contributed by atoms with Gasteiger partial charge >= 0.3 is 0 Å². The Morgan fingerprint density at radius 1 is 1.12 bits per heavy atom. The Morgan fingerprint density at radius 2 is 1.72 bits per heavy atom. The Morgan fingerprint density at radius 3 is 2.20 bits per heavy atom. The van der Waals surface area contributed by atoms with Gasteiger partial charge in [-0.25, -0.2) is 4.98 Å². The molecule has 0 fully saturated rings. The highest BCUT2D eigenvalue weighted by molar-refractivity contribution is 5.98. The lowest BCUT2D eigenvalue weighted by molar-refractivity contribution is -0.120. The van der Waals surface area contributed by atoms with E-state index in [0.717, 1.165) is 24.5 Å². The van der Waals surface area contributed by atoms with Crippen LogP contribution in [0.1, 0.15) is 26.3 Å². The van der Waals surface area contributed by atoms with Crippen LogP contribution in [0.2, 0.25) is 0 Å². The number of rotatable bonds is 6. The van der Waals surface area contributed by atoms with Crippen molar-refractivity contribution in [1.82, 2.24) is 4.98 Å². The predicted molar refractivity (Wildman–Crippen MR) is 109 cm³/mol. The van der Waals surface area contributed by atoms with E-state index in [0.29, 0.717) is 5.69 Å². The molecule has 1 aromatic carbocycles. The Bertz CT molecular complexity index is 644. The van der Waals surface area contributed by atoms with E-state index < -0.39 is 5.54 Å². The van der Waals surface area contributed by atoms with Crippen molar-refractivity contribution in [2.75, 3.05) is 23.3 Å². The highest BCUT2D eigenvalue weighted by Crippen LogP contribution is 2.20. The van der Waals surface area contributed by atoms with Gasteiger partial charge in [0.2, 0.25) is 5.91 Å². The summed E-state index contributed by atoms with van der Waals surface area (Å²) in [5, 5.41) is 2.84. The van der Waals surface area contributed by atoms with Crippen LogP contribution in [0.3, 0.4) is 0 Å². The fourth-order valence-corrected chi connectivity index (χ4v) is 2.37. The molecule has 7 heteroatoms. The maximum Gasteiger partial charge on any atom is 0.248 e. The third-order valence-electron chi connectivity index (χ3n) is 3.94. The lowest BCUT2D eigenvalue weighted by atomic mass is 9.92. The molecule has 0 radical (unpaired) electrons. The molecule has 2 aromatic rings. The van der Waals surface area contributed by atoms with Crippen molar-refractivity contribution < 1.29 is 4.79 Å². The molecule has 0 aliphatic heterocycles. The summed E-state index contributed by atoms with van der Waals surface area (Å²) in [7, 11) is 0. The van der Waals surface area contributed by atoms with E-state index in [4.69, 9.17) is 5.73 Å². The first-order chi connectivity index (χ1) is 11.0. The normalized spacial score (nSPS) is 12.2. The second kappa shape index (κ2) is 10.2. The number of nitrogens with two attached hydrogens (primary N) is 1. The molecule has 0 saturated carbocycles. The summed E-state index contributed by atoms with van der Waals surface area (Å²) in [5.74, 6) is 0.632. The van der Waals surface area contributed by atoms with Crippen LogP contribution < -0.4 is 16.0 Å². The van der Waals surface area contributed by atoms with Crippen LogP contribution in [0, 0.1) is 0 Å². The number of nitrogens with one attached hydrogen (secondary N) is 1. The molecule has 1 unspecified atom stereocenters. The number of carbonyl (C=O) groups is 1. The van der Waals surface area contributed by atoms with Crippen molar-refractivity contribution in [2.24, 2.45) is 5.73 Å². The number of nitrogens with zero attached hydrogens (tertiary/aromatic N) is 2. The number of carbonyl (C=O) groups excluding carboxylic acids is 1. The molecule has 0 aliphatic carbocycles. The topological polar surface area (TPSA) is 71.2 Å². The molecule has 1 aromatic heterocycles. The Kier molecular flexibility index (Phi) is 9.49. The largest absolute Gasteiger partial charge is 0.357 e. The molecule has 1 atom stereocenters. The minimum absolute atomic E-state index is 0. The molecular formula is C18H26Cl2N4O. The number of hydrogen-bond donors (Lipinski definition) is 2. The van der Waals surface area contributed by atoms with E-state index in [1.165, 1.54) is 0 Å². The smallest absolute Gasteiger partial charge is 0.248 e. The van der Waals surface area contributed by atoms with Gasteiger partial charge in [0.25, 0.3) is 0 Å². The average molecular weight is 385 g/mol. The first kappa shape index (κ1) is 23.2. The van der Waals surface area contributed by atoms with Gasteiger partial charge < -0.3 is 16.0 Å². The van der Waals surface area contributed by atoms with Gasteiger partial charge in [0.15, 0.2) is 0 Å². The zero-order valence-corrected chi connectivity index (χ0v) is 16.4. The molecule has 138 valence electrons. The monoisotopic (exact) mass is 384 g/mol. The summed E-state index contributed by atoms with van der Waals surface area (Å²) >= 11 is 0. The molecule has 3 N–H and O–H groups in total. The summed E-state index contributed by atoms with van der Waals surface area (Å²) in [6, 6.07) is 13.1. The van der Waals surface area contributed by atoms with E-state index in [9.17, 15) is 4.79 Å². The number of amides is 1. The van der Waals surface area contributed by atoms with Crippen molar-refractivity contribution in [2.45, 2.75) is 26.3 Å². The van der Waals surface area contributed by atoms with Gasteiger partial charge in [-0.15, -0.1) is 24.8 Å². The number of halogens is 2. The zero-order valence-electron chi connectivity index (χ0n) is 14.7.